The third-order valence-electron chi connectivity index (χ3n) is 5.52. The predicted octanol–water partition coefficient (Wildman–Crippen LogP) is 5.89. The molecular formula is C25H28N+. The molecule has 1 saturated carbocycles. The SMILES string of the molecule is [2H]C([2H])(c1ccc(-c2cc[n+](C)c(-c3ccccc3C)c2)cc1)C1CCCC1. The molecule has 0 radical (unpaired) electrons. The van der Waals surface area contributed by atoms with E-state index in [9.17, 15) is 0 Å². The highest BCUT2D eigenvalue weighted by molar-refractivity contribution is 5.70. The Hall–Kier alpha value is -2.41. The van der Waals surface area contributed by atoms with E-state index < -0.39 is 6.37 Å². The second kappa shape index (κ2) is 7.45. The van der Waals surface area contributed by atoms with Gasteiger partial charge < -0.3 is 0 Å². The first-order valence-corrected chi connectivity index (χ1v) is 9.63. The summed E-state index contributed by atoms with van der Waals surface area (Å²) in [7, 11) is 2.07. The van der Waals surface area contributed by atoms with Crippen LogP contribution in [0.5, 0.6) is 0 Å². The number of aryl methyl sites for hydroxylation is 2. The van der Waals surface area contributed by atoms with E-state index in [-0.39, 0.29) is 5.92 Å². The fourth-order valence-corrected chi connectivity index (χ4v) is 3.94. The second-order valence-electron chi connectivity index (χ2n) is 7.43. The van der Waals surface area contributed by atoms with Gasteiger partial charge in [0.05, 0.1) is 0 Å². The monoisotopic (exact) mass is 344 g/mol. The van der Waals surface area contributed by atoms with Crippen LogP contribution in [0.25, 0.3) is 22.4 Å². The Labute approximate surface area is 160 Å². The minimum absolute atomic E-state index is 0.154. The molecule has 2 aromatic carbocycles. The quantitative estimate of drug-likeness (QED) is 0.520. The van der Waals surface area contributed by atoms with Crippen LogP contribution in [0.15, 0.2) is 66.9 Å². The van der Waals surface area contributed by atoms with E-state index >= 15 is 0 Å². The summed E-state index contributed by atoms with van der Waals surface area (Å²) in [6, 6.07) is 20.9. The van der Waals surface area contributed by atoms with E-state index in [1.165, 1.54) is 16.8 Å². The van der Waals surface area contributed by atoms with Crippen molar-refractivity contribution in [2.45, 2.75) is 39.0 Å². The Balaban J connectivity index is 1.67. The fourth-order valence-electron chi connectivity index (χ4n) is 3.94. The molecule has 0 N–H and O–H groups in total. The summed E-state index contributed by atoms with van der Waals surface area (Å²) in [5.41, 5.74) is 6.77. The van der Waals surface area contributed by atoms with Crippen LogP contribution in [0.3, 0.4) is 0 Å². The Bertz CT molecular complexity index is 970. The molecule has 0 spiro atoms. The Kier molecular flexibility index (Phi) is 4.22. The zero-order valence-electron chi connectivity index (χ0n) is 17.7. The molecule has 1 nitrogen and oxygen atoms in total. The summed E-state index contributed by atoms with van der Waals surface area (Å²) < 4.78 is 19.4. The average molecular weight is 345 g/mol. The summed E-state index contributed by atoms with van der Waals surface area (Å²) >= 11 is 0. The van der Waals surface area contributed by atoms with E-state index in [1.54, 1.807) is 0 Å². The highest BCUT2D eigenvalue weighted by Crippen LogP contribution is 2.29. The summed E-state index contributed by atoms with van der Waals surface area (Å²) in [4.78, 5) is 0. The van der Waals surface area contributed by atoms with Crippen LogP contribution in [0.1, 0.15) is 39.6 Å². The van der Waals surface area contributed by atoms with Crippen LogP contribution in [-0.2, 0) is 13.4 Å². The Morgan fingerprint density at radius 1 is 0.962 bits per heavy atom. The highest BCUT2D eigenvalue weighted by atomic mass is 14.9. The van der Waals surface area contributed by atoms with E-state index in [1.807, 2.05) is 12.1 Å². The molecule has 0 saturated heterocycles. The lowest BCUT2D eigenvalue weighted by atomic mass is 9.95. The van der Waals surface area contributed by atoms with Crippen LogP contribution in [-0.4, -0.2) is 0 Å². The normalized spacial score (nSPS) is 16.4. The number of pyridine rings is 1. The van der Waals surface area contributed by atoms with Gasteiger partial charge in [-0.3, -0.25) is 0 Å². The molecule has 4 rings (SSSR count). The largest absolute Gasteiger partial charge is 0.213 e. The van der Waals surface area contributed by atoms with Crippen molar-refractivity contribution in [2.75, 3.05) is 0 Å². The third-order valence-corrected chi connectivity index (χ3v) is 5.52. The molecule has 0 bridgehead atoms. The van der Waals surface area contributed by atoms with Crippen molar-refractivity contribution < 1.29 is 7.31 Å². The fraction of sp³-hybridized carbons (Fsp3) is 0.320. The van der Waals surface area contributed by atoms with Gasteiger partial charge in [0.1, 0.15) is 7.05 Å². The molecule has 132 valence electrons. The smallest absolute Gasteiger partial charge is 0.201 e. The molecule has 1 heteroatoms. The first-order valence-electron chi connectivity index (χ1n) is 10.6. The van der Waals surface area contributed by atoms with Crippen LogP contribution in [0.4, 0.5) is 0 Å². The number of hydrogen-bond donors (Lipinski definition) is 0. The Morgan fingerprint density at radius 3 is 2.42 bits per heavy atom. The lowest BCUT2D eigenvalue weighted by Gasteiger charge is -2.10. The number of aromatic nitrogens is 1. The molecular weight excluding hydrogens is 314 g/mol. The second-order valence-corrected chi connectivity index (χ2v) is 7.43. The van der Waals surface area contributed by atoms with E-state index in [0.29, 0.717) is 0 Å². The van der Waals surface area contributed by atoms with E-state index in [4.69, 9.17) is 2.74 Å². The van der Waals surface area contributed by atoms with Gasteiger partial charge in [-0.25, -0.2) is 4.57 Å². The summed E-state index contributed by atoms with van der Waals surface area (Å²) in [5.74, 6) is 0.154. The van der Waals surface area contributed by atoms with E-state index in [0.717, 1.165) is 42.4 Å². The van der Waals surface area contributed by atoms with Gasteiger partial charge in [-0.15, -0.1) is 0 Å². The van der Waals surface area contributed by atoms with Crippen LogP contribution < -0.4 is 4.57 Å². The molecule has 3 aromatic rings. The van der Waals surface area contributed by atoms with Crippen molar-refractivity contribution in [3.63, 3.8) is 0 Å². The predicted molar refractivity (Wildman–Crippen MR) is 109 cm³/mol. The maximum atomic E-state index is 8.60. The lowest BCUT2D eigenvalue weighted by molar-refractivity contribution is -0.660. The first-order chi connectivity index (χ1) is 13.5. The van der Waals surface area contributed by atoms with Crippen LogP contribution in [0, 0.1) is 12.8 Å². The van der Waals surface area contributed by atoms with Crippen molar-refractivity contribution in [2.24, 2.45) is 13.0 Å². The van der Waals surface area contributed by atoms with Gasteiger partial charge in [0.25, 0.3) is 0 Å². The molecule has 0 amide bonds. The van der Waals surface area contributed by atoms with Crippen molar-refractivity contribution >= 4 is 0 Å². The van der Waals surface area contributed by atoms with Crippen molar-refractivity contribution in [3.05, 3.63) is 78.0 Å². The number of rotatable bonds is 4. The van der Waals surface area contributed by atoms with Gasteiger partial charge in [-0.2, -0.15) is 0 Å². The summed E-state index contributed by atoms with van der Waals surface area (Å²) in [5, 5.41) is 0. The minimum Gasteiger partial charge on any atom is -0.201 e. The maximum absolute atomic E-state index is 8.60. The van der Waals surface area contributed by atoms with Gasteiger partial charge >= 0.3 is 0 Å². The average Bonchev–Trinajstić information content (AvgIpc) is 3.25. The molecule has 0 unspecified atom stereocenters. The van der Waals surface area contributed by atoms with Gasteiger partial charge in [0.2, 0.25) is 5.69 Å². The molecule has 1 aliphatic carbocycles. The molecule has 0 aliphatic heterocycles. The number of benzene rings is 2. The summed E-state index contributed by atoms with van der Waals surface area (Å²) in [6.45, 7) is 2.14. The highest BCUT2D eigenvalue weighted by Gasteiger charge is 2.16. The third kappa shape index (κ3) is 3.58. The van der Waals surface area contributed by atoms with Gasteiger partial charge in [-0.1, -0.05) is 68.1 Å². The lowest BCUT2D eigenvalue weighted by Crippen LogP contribution is -2.30. The molecule has 1 fully saturated rings. The summed E-state index contributed by atoms with van der Waals surface area (Å²) in [6.07, 6.45) is 5.19. The zero-order chi connectivity index (χ0) is 19.7. The molecule has 1 aromatic heterocycles. The van der Waals surface area contributed by atoms with E-state index in [2.05, 4.69) is 73.3 Å². The first kappa shape index (κ1) is 14.7. The van der Waals surface area contributed by atoms with Crippen molar-refractivity contribution in [3.8, 4) is 22.4 Å². The standard InChI is InChI=1S/C25H28N/c1-19-7-3-6-10-24(19)25-18-23(15-16-26(25)2)22-13-11-21(12-14-22)17-20-8-4-5-9-20/h3,6-7,10-16,18,20H,4-5,8-9,17H2,1-2H3/q+1/i17D2. The van der Waals surface area contributed by atoms with Crippen molar-refractivity contribution in [1.29, 1.82) is 0 Å². The molecule has 1 aliphatic rings. The Morgan fingerprint density at radius 2 is 1.69 bits per heavy atom. The topological polar surface area (TPSA) is 3.88 Å². The number of hydrogen-bond acceptors (Lipinski definition) is 0. The number of nitrogens with zero attached hydrogens (tertiary/aromatic N) is 1. The van der Waals surface area contributed by atoms with Crippen LogP contribution in [0.2, 0.25) is 0 Å². The zero-order valence-corrected chi connectivity index (χ0v) is 15.7. The maximum Gasteiger partial charge on any atom is 0.213 e. The van der Waals surface area contributed by atoms with Gasteiger partial charge in [-0.05, 0) is 47.5 Å². The van der Waals surface area contributed by atoms with Crippen LogP contribution >= 0.6 is 0 Å². The van der Waals surface area contributed by atoms with Gasteiger partial charge in [0, 0.05) is 20.4 Å². The van der Waals surface area contributed by atoms with Gasteiger partial charge in [0.15, 0.2) is 6.20 Å². The molecule has 1 heterocycles. The minimum atomic E-state index is -1.23. The van der Waals surface area contributed by atoms with Crippen molar-refractivity contribution in [1.82, 2.24) is 0 Å². The molecule has 0 atom stereocenters. The molecule has 26 heavy (non-hydrogen) atoms.